The molecule has 0 aliphatic rings. The van der Waals surface area contributed by atoms with E-state index in [1.165, 1.54) is 0 Å². The Bertz CT molecular complexity index is 1410. The number of carbonyl (C=O) groups is 2. The third-order valence-corrected chi connectivity index (χ3v) is 6.10. The first-order chi connectivity index (χ1) is 18.7. The van der Waals surface area contributed by atoms with Crippen molar-refractivity contribution in [2.45, 2.75) is 52.4 Å². The summed E-state index contributed by atoms with van der Waals surface area (Å²) >= 11 is 0. The first kappa shape index (κ1) is 27.6. The summed E-state index contributed by atoms with van der Waals surface area (Å²) in [6, 6.07) is 21.3. The van der Waals surface area contributed by atoms with Gasteiger partial charge < -0.3 is 19.7 Å². The van der Waals surface area contributed by atoms with Gasteiger partial charge in [0, 0.05) is 12.1 Å². The van der Waals surface area contributed by atoms with Gasteiger partial charge in [-0.15, -0.1) is 5.10 Å². The smallest absolute Gasteiger partial charge is 0.247 e. The van der Waals surface area contributed by atoms with E-state index in [2.05, 4.69) is 15.6 Å². The van der Waals surface area contributed by atoms with E-state index < -0.39 is 11.6 Å². The minimum atomic E-state index is -0.899. The first-order valence-electron chi connectivity index (χ1n) is 12.9. The van der Waals surface area contributed by atoms with Crippen molar-refractivity contribution in [3.8, 4) is 11.5 Å². The van der Waals surface area contributed by atoms with Crippen molar-refractivity contribution in [1.29, 1.82) is 0 Å². The highest BCUT2D eigenvalue weighted by atomic mass is 16.5. The second-order valence-electron chi connectivity index (χ2n) is 10.2. The number of para-hydroxylation sites is 1. The summed E-state index contributed by atoms with van der Waals surface area (Å²) in [5.74, 6) is 0.846. The van der Waals surface area contributed by atoms with Crippen LogP contribution in [0.5, 0.6) is 11.5 Å². The molecule has 3 aromatic carbocycles. The average Bonchev–Trinajstić information content (AvgIpc) is 3.31. The lowest BCUT2D eigenvalue weighted by Crippen LogP contribution is -2.49. The lowest BCUT2D eigenvalue weighted by molar-refractivity contribution is -0.142. The highest BCUT2D eigenvalue weighted by Gasteiger charge is 2.34. The quantitative estimate of drug-likeness (QED) is 0.324. The third kappa shape index (κ3) is 6.93. The fourth-order valence-electron chi connectivity index (χ4n) is 4.33. The second kappa shape index (κ2) is 12.0. The van der Waals surface area contributed by atoms with Gasteiger partial charge in [0.2, 0.25) is 11.8 Å². The van der Waals surface area contributed by atoms with Crippen LogP contribution >= 0.6 is 0 Å². The molecule has 0 spiro atoms. The molecule has 0 unspecified atom stereocenters. The van der Waals surface area contributed by atoms with E-state index in [0.29, 0.717) is 29.2 Å². The summed E-state index contributed by atoms with van der Waals surface area (Å²) < 4.78 is 12.5. The van der Waals surface area contributed by atoms with Crippen molar-refractivity contribution in [1.82, 2.24) is 25.2 Å². The van der Waals surface area contributed by atoms with Crippen LogP contribution < -0.4 is 14.8 Å². The van der Waals surface area contributed by atoms with Crippen LogP contribution in [0.4, 0.5) is 0 Å². The molecule has 2 amide bonds. The summed E-state index contributed by atoms with van der Waals surface area (Å²) in [6.45, 7) is 8.31. The number of carbonyl (C=O) groups excluding carboxylic acids is 2. The number of benzene rings is 3. The molecule has 0 fully saturated rings. The molecule has 4 aromatic rings. The van der Waals surface area contributed by atoms with Crippen molar-refractivity contribution in [2.24, 2.45) is 0 Å². The van der Waals surface area contributed by atoms with Crippen LogP contribution in [-0.4, -0.2) is 51.0 Å². The summed E-state index contributed by atoms with van der Waals surface area (Å²) in [4.78, 5) is 29.5. The number of fused-ring (bicyclic) bond motifs is 1. The zero-order valence-electron chi connectivity index (χ0n) is 23.0. The zero-order chi connectivity index (χ0) is 28.0. The number of nitrogens with zero attached hydrogens (tertiary/aromatic N) is 4. The van der Waals surface area contributed by atoms with Gasteiger partial charge in [0.1, 0.15) is 29.6 Å². The van der Waals surface area contributed by atoms with Crippen LogP contribution in [-0.2, 0) is 22.7 Å². The highest BCUT2D eigenvalue weighted by molar-refractivity contribution is 5.89. The molecule has 0 saturated heterocycles. The molecule has 9 heteroatoms. The summed E-state index contributed by atoms with van der Waals surface area (Å²) in [5.41, 5.74) is 2.46. The van der Waals surface area contributed by atoms with E-state index in [-0.39, 0.29) is 24.9 Å². The number of hydrogen-bond acceptors (Lipinski definition) is 6. The Morgan fingerprint density at radius 3 is 2.28 bits per heavy atom. The van der Waals surface area contributed by atoms with E-state index in [1.807, 2.05) is 100 Å². The molecule has 1 atom stereocenters. The van der Waals surface area contributed by atoms with Gasteiger partial charge in [-0.2, -0.15) is 0 Å². The van der Waals surface area contributed by atoms with Crippen LogP contribution in [0, 0.1) is 0 Å². The maximum atomic E-state index is 14.0. The maximum absolute atomic E-state index is 14.0. The number of aromatic nitrogens is 3. The molecule has 0 radical (unpaired) electrons. The van der Waals surface area contributed by atoms with Gasteiger partial charge in [0.05, 0.1) is 19.2 Å². The molecule has 0 aliphatic heterocycles. The molecular formula is C30H35N5O4. The molecule has 1 N–H and O–H groups in total. The molecule has 0 saturated carbocycles. The average molecular weight is 530 g/mol. The number of amides is 2. The Hall–Kier alpha value is -4.40. The predicted octanol–water partition coefficient (Wildman–Crippen LogP) is 4.52. The molecule has 1 aromatic heterocycles. The van der Waals surface area contributed by atoms with Gasteiger partial charge in [-0.1, -0.05) is 41.6 Å². The van der Waals surface area contributed by atoms with Gasteiger partial charge in [0.15, 0.2) is 0 Å². The van der Waals surface area contributed by atoms with E-state index in [1.54, 1.807) is 16.7 Å². The standard InChI is InChI=1S/C30H35N5O4/c1-6-39-24-17-13-22(14-18-24)28(29(37)31-30(2,3)4)34(19-21-11-15-23(38-5)16-12-21)27(36)20-35-26-10-8-7-9-25(26)32-33-35/h7-18,28H,6,19-20H2,1-5H3,(H,31,37)/t28-/m0/s1. The molecule has 9 nitrogen and oxygen atoms in total. The minimum Gasteiger partial charge on any atom is -0.497 e. The second-order valence-corrected chi connectivity index (χ2v) is 10.2. The van der Waals surface area contributed by atoms with Crippen LogP contribution in [0.1, 0.15) is 44.9 Å². The molecule has 0 bridgehead atoms. The Kier molecular flexibility index (Phi) is 8.49. The molecule has 0 aliphatic carbocycles. The van der Waals surface area contributed by atoms with Gasteiger partial charge in [-0.05, 0) is 75.2 Å². The van der Waals surface area contributed by atoms with Crippen molar-refractivity contribution >= 4 is 22.8 Å². The highest BCUT2D eigenvalue weighted by Crippen LogP contribution is 2.28. The molecule has 1 heterocycles. The summed E-state index contributed by atoms with van der Waals surface area (Å²) in [6.07, 6.45) is 0. The summed E-state index contributed by atoms with van der Waals surface area (Å²) in [5, 5.41) is 11.5. The van der Waals surface area contributed by atoms with E-state index >= 15 is 0 Å². The Morgan fingerprint density at radius 2 is 1.64 bits per heavy atom. The third-order valence-electron chi connectivity index (χ3n) is 6.10. The maximum Gasteiger partial charge on any atom is 0.247 e. The minimum absolute atomic E-state index is 0.0764. The monoisotopic (exact) mass is 529 g/mol. The van der Waals surface area contributed by atoms with Crippen molar-refractivity contribution in [3.05, 3.63) is 83.9 Å². The topological polar surface area (TPSA) is 98.6 Å². The van der Waals surface area contributed by atoms with E-state index in [0.717, 1.165) is 11.1 Å². The van der Waals surface area contributed by atoms with Gasteiger partial charge in [0.25, 0.3) is 0 Å². The van der Waals surface area contributed by atoms with Crippen LogP contribution in [0.15, 0.2) is 72.8 Å². The lowest BCUT2D eigenvalue weighted by atomic mass is 10.0. The Balaban J connectivity index is 1.76. The lowest BCUT2D eigenvalue weighted by Gasteiger charge is -2.34. The number of rotatable bonds is 10. The first-order valence-corrected chi connectivity index (χ1v) is 12.9. The predicted molar refractivity (Wildman–Crippen MR) is 149 cm³/mol. The fourth-order valence-corrected chi connectivity index (χ4v) is 4.33. The molecule has 4 rings (SSSR count). The molecule has 204 valence electrons. The summed E-state index contributed by atoms with van der Waals surface area (Å²) in [7, 11) is 1.60. The van der Waals surface area contributed by atoms with E-state index in [4.69, 9.17) is 9.47 Å². The normalized spacial score (nSPS) is 12.1. The van der Waals surface area contributed by atoms with Crippen LogP contribution in [0.2, 0.25) is 0 Å². The van der Waals surface area contributed by atoms with Gasteiger partial charge in [-0.3, -0.25) is 9.59 Å². The number of hydrogen-bond donors (Lipinski definition) is 1. The largest absolute Gasteiger partial charge is 0.497 e. The molecular weight excluding hydrogens is 494 g/mol. The van der Waals surface area contributed by atoms with E-state index in [9.17, 15) is 9.59 Å². The SMILES string of the molecule is CCOc1ccc([C@@H](C(=O)NC(C)(C)C)N(Cc2ccc(OC)cc2)C(=O)Cn2nnc3ccccc32)cc1. The van der Waals surface area contributed by atoms with Crippen molar-refractivity contribution in [2.75, 3.05) is 13.7 Å². The Morgan fingerprint density at radius 1 is 0.974 bits per heavy atom. The van der Waals surface area contributed by atoms with Gasteiger partial charge >= 0.3 is 0 Å². The van der Waals surface area contributed by atoms with Crippen molar-refractivity contribution < 1.29 is 19.1 Å². The van der Waals surface area contributed by atoms with Crippen molar-refractivity contribution in [3.63, 3.8) is 0 Å². The van der Waals surface area contributed by atoms with Crippen LogP contribution in [0.3, 0.4) is 0 Å². The number of nitrogens with one attached hydrogen (secondary N) is 1. The van der Waals surface area contributed by atoms with Gasteiger partial charge in [-0.25, -0.2) is 4.68 Å². The number of ether oxygens (including phenoxy) is 2. The molecule has 39 heavy (non-hydrogen) atoms. The Labute approximate surface area is 228 Å². The fraction of sp³-hybridized carbons (Fsp3) is 0.333. The zero-order valence-corrected chi connectivity index (χ0v) is 23.0. The number of methoxy groups -OCH3 is 1. The van der Waals surface area contributed by atoms with Crippen LogP contribution in [0.25, 0.3) is 11.0 Å².